The number of hydrogen-bond acceptors (Lipinski definition) is 4. The smallest absolute Gasteiger partial charge is 0.234 e. The fourth-order valence-corrected chi connectivity index (χ4v) is 1.14. The summed E-state index contributed by atoms with van der Waals surface area (Å²) < 4.78 is 1.77. The molecule has 13 heavy (non-hydrogen) atoms. The Morgan fingerprint density at radius 3 is 2.62 bits per heavy atom. The number of aromatic nitrogens is 4. The standard InChI is InChI=1S/C8H8N4S/c13-5-7-4-12(6-11-7)8-9-2-1-3-10-8/h1-4,6,13H,5H2. The molecule has 0 radical (unpaired) electrons. The Bertz CT molecular complexity index is 384. The topological polar surface area (TPSA) is 43.6 Å². The van der Waals surface area contributed by atoms with Crippen molar-refractivity contribution in [1.29, 1.82) is 0 Å². The first-order valence-corrected chi connectivity index (χ1v) is 4.44. The zero-order valence-corrected chi connectivity index (χ0v) is 7.72. The average Bonchev–Trinajstić information content (AvgIpc) is 2.67. The van der Waals surface area contributed by atoms with Crippen molar-refractivity contribution in [3.05, 3.63) is 36.7 Å². The normalized spacial score (nSPS) is 10.2. The molecule has 2 rings (SSSR count). The SMILES string of the molecule is SCc1cn(-c2ncccn2)cn1. The first kappa shape index (κ1) is 8.25. The van der Waals surface area contributed by atoms with E-state index in [0.29, 0.717) is 11.7 Å². The van der Waals surface area contributed by atoms with Gasteiger partial charge in [0.2, 0.25) is 5.95 Å². The van der Waals surface area contributed by atoms with Crippen molar-refractivity contribution in [1.82, 2.24) is 19.5 Å². The first-order chi connectivity index (χ1) is 6.40. The molecule has 0 bridgehead atoms. The maximum Gasteiger partial charge on any atom is 0.234 e. The van der Waals surface area contributed by atoms with Gasteiger partial charge in [-0.3, -0.25) is 4.57 Å². The molecule has 0 amide bonds. The molecule has 0 aliphatic carbocycles. The predicted molar refractivity (Wildman–Crippen MR) is 51.8 cm³/mol. The van der Waals surface area contributed by atoms with Gasteiger partial charge in [-0.15, -0.1) is 0 Å². The lowest BCUT2D eigenvalue weighted by atomic mass is 10.5. The second kappa shape index (κ2) is 3.57. The summed E-state index contributed by atoms with van der Waals surface area (Å²) in [4.78, 5) is 12.3. The van der Waals surface area contributed by atoms with Gasteiger partial charge in [0, 0.05) is 24.3 Å². The molecular formula is C8H8N4S. The van der Waals surface area contributed by atoms with E-state index in [0.717, 1.165) is 5.69 Å². The Balaban J connectivity index is 2.36. The second-order valence-electron chi connectivity index (χ2n) is 2.48. The van der Waals surface area contributed by atoms with Crippen LogP contribution in [0.15, 0.2) is 31.0 Å². The number of imidazole rings is 1. The lowest BCUT2D eigenvalue weighted by molar-refractivity contribution is 0.925. The lowest BCUT2D eigenvalue weighted by Crippen LogP contribution is -1.96. The number of thiol groups is 1. The zero-order valence-electron chi connectivity index (χ0n) is 6.83. The molecule has 0 N–H and O–H groups in total. The Morgan fingerprint density at radius 1 is 1.23 bits per heavy atom. The number of rotatable bonds is 2. The molecular weight excluding hydrogens is 184 g/mol. The van der Waals surface area contributed by atoms with Gasteiger partial charge in [0.15, 0.2) is 0 Å². The van der Waals surface area contributed by atoms with E-state index < -0.39 is 0 Å². The molecule has 2 heterocycles. The molecule has 2 aromatic rings. The molecule has 0 saturated heterocycles. The molecule has 0 atom stereocenters. The Labute approximate surface area is 81.1 Å². The third-order valence-electron chi connectivity index (χ3n) is 1.58. The highest BCUT2D eigenvalue weighted by Gasteiger charge is 1.99. The van der Waals surface area contributed by atoms with Gasteiger partial charge in [-0.1, -0.05) is 0 Å². The maximum atomic E-state index is 4.12. The minimum atomic E-state index is 0.625. The highest BCUT2D eigenvalue weighted by molar-refractivity contribution is 7.79. The van der Waals surface area contributed by atoms with Gasteiger partial charge in [0.1, 0.15) is 6.33 Å². The van der Waals surface area contributed by atoms with E-state index in [1.165, 1.54) is 0 Å². The average molecular weight is 192 g/mol. The van der Waals surface area contributed by atoms with Crippen LogP contribution >= 0.6 is 12.6 Å². The Morgan fingerprint density at radius 2 is 2.00 bits per heavy atom. The van der Waals surface area contributed by atoms with Gasteiger partial charge in [-0.05, 0) is 6.07 Å². The summed E-state index contributed by atoms with van der Waals surface area (Å²) in [5, 5.41) is 0. The third-order valence-corrected chi connectivity index (χ3v) is 1.91. The molecule has 4 nitrogen and oxygen atoms in total. The van der Waals surface area contributed by atoms with Crippen LogP contribution in [0.1, 0.15) is 5.69 Å². The fraction of sp³-hybridized carbons (Fsp3) is 0.125. The summed E-state index contributed by atoms with van der Waals surface area (Å²) in [5.41, 5.74) is 0.913. The summed E-state index contributed by atoms with van der Waals surface area (Å²) in [6.45, 7) is 0. The van der Waals surface area contributed by atoms with Gasteiger partial charge in [0.25, 0.3) is 0 Å². The molecule has 5 heteroatoms. The largest absolute Gasteiger partial charge is 0.274 e. The molecule has 0 spiro atoms. The molecule has 0 aliphatic rings. The van der Waals surface area contributed by atoms with Crippen LogP contribution in [0.3, 0.4) is 0 Å². The van der Waals surface area contributed by atoms with Crippen LogP contribution in [0.2, 0.25) is 0 Å². The lowest BCUT2D eigenvalue weighted by Gasteiger charge is -1.96. The van der Waals surface area contributed by atoms with Gasteiger partial charge >= 0.3 is 0 Å². The third kappa shape index (κ3) is 1.70. The van der Waals surface area contributed by atoms with Crippen LogP contribution < -0.4 is 0 Å². The highest BCUT2D eigenvalue weighted by Crippen LogP contribution is 2.03. The molecule has 0 saturated carbocycles. The molecule has 2 aromatic heterocycles. The van der Waals surface area contributed by atoms with Gasteiger partial charge in [-0.2, -0.15) is 12.6 Å². The van der Waals surface area contributed by atoms with Crippen molar-refractivity contribution in [3.63, 3.8) is 0 Å². The van der Waals surface area contributed by atoms with Crippen molar-refractivity contribution in [3.8, 4) is 5.95 Å². The predicted octanol–water partition coefficient (Wildman–Crippen LogP) is 1.09. The van der Waals surface area contributed by atoms with E-state index in [9.17, 15) is 0 Å². The minimum absolute atomic E-state index is 0.625. The van der Waals surface area contributed by atoms with Crippen LogP contribution in [0.25, 0.3) is 5.95 Å². The number of nitrogens with zero attached hydrogens (tertiary/aromatic N) is 4. The van der Waals surface area contributed by atoms with Gasteiger partial charge in [-0.25, -0.2) is 15.0 Å². The van der Waals surface area contributed by atoms with Crippen LogP contribution in [0, 0.1) is 0 Å². The van der Waals surface area contributed by atoms with E-state index in [-0.39, 0.29) is 0 Å². The second-order valence-corrected chi connectivity index (χ2v) is 2.80. The summed E-state index contributed by atoms with van der Waals surface area (Å²) in [6, 6.07) is 1.78. The van der Waals surface area contributed by atoms with E-state index >= 15 is 0 Å². The molecule has 0 unspecified atom stereocenters. The molecule has 0 aromatic carbocycles. The molecule has 66 valence electrons. The quantitative estimate of drug-likeness (QED) is 0.724. The Hall–Kier alpha value is -1.36. The van der Waals surface area contributed by atoms with Crippen molar-refractivity contribution < 1.29 is 0 Å². The molecule has 0 fully saturated rings. The van der Waals surface area contributed by atoms with Crippen LogP contribution in [0.4, 0.5) is 0 Å². The van der Waals surface area contributed by atoms with Crippen LogP contribution in [0.5, 0.6) is 0 Å². The number of hydrogen-bond donors (Lipinski definition) is 1. The van der Waals surface area contributed by atoms with E-state index in [2.05, 4.69) is 27.6 Å². The van der Waals surface area contributed by atoms with E-state index in [1.54, 1.807) is 29.4 Å². The summed E-state index contributed by atoms with van der Waals surface area (Å²) in [5.74, 6) is 1.25. The maximum absolute atomic E-state index is 4.12. The summed E-state index contributed by atoms with van der Waals surface area (Å²) >= 11 is 4.12. The van der Waals surface area contributed by atoms with Gasteiger partial charge in [0.05, 0.1) is 5.69 Å². The van der Waals surface area contributed by atoms with Crippen LogP contribution in [-0.4, -0.2) is 19.5 Å². The van der Waals surface area contributed by atoms with Crippen molar-refractivity contribution in [2.45, 2.75) is 5.75 Å². The van der Waals surface area contributed by atoms with E-state index in [4.69, 9.17) is 0 Å². The van der Waals surface area contributed by atoms with Crippen molar-refractivity contribution in [2.24, 2.45) is 0 Å². The Kier molecular flexibility index (Phi) is 2.27. The zero-order chi connectivity index (χ0) is 9.10. The summed E-state index contributed by atoms with van der Waals surface area (Å²) in [7, 11) is 0. The highest BCUT2D eigenvalue weighted by atomic mass is 32.1. The van der Waals surface area contributed by atoms with Crippen LogP contribution in [-0.2, 0) is 5.75 Å². The summed E-state index contributed by atoms with van der Waals surface area (Å²) in [6.07, 6.45) is 6.94. The van der Waals surface area contributed by atoms with Gasteiger partial charge < -0.3 is 0 Å². The van der Waals surface area contributed by atoms with E-state index in [1.807, 2.05) is 6.20 Å². The minimum Gasteiger partial charge on any atom is -0.274 e. The first-order valence-electron chi connectivity index (χ1n) is 3.81. The monoisotopic (exact) mass is 192 g/mol. The van der Waals surface area contributed by atoms with Crippen molar-refractivity contribution >= 4 is 12.6 Å². The van der Waals surface area contributed by atoms with Crippen molar-refractivity contribution in [2.75, 3.05) is 0 Å². The fourth-order valence-electron chi connectivity index (χ4n) is 0.979. The molecule has 0 aliphatic heterocycles.